The molecule has 0 aliphatic heterocycles. The van der Waals surface area contributed by atoms with E-state index >= 15 is 0 Å². The first kappa shape index (κ1) is 12.3. The quantitative estimate of drug-likeness (QED) is 0.632. The number of nitrogens with two attached hydrogens (primary N) is 1. The zero-order valence-electron chi connectivity index (χ0n) is 9.10. The van der Waals surface area contributed by atoms with E-state index in [1.54, 1.807) is 18.2 Å². The SMILES string of the molecule is COCC(O)CNc1cccc(C#N)c1N. The number of nitriles is 1. The van der Waals surface area contributed by atoms with E-state index in [4.69, 9.17) is 15.7 Å². The highest BCUT2D eigenvalue weighted by Gasteiger charge is 2.06. The Morgan fingerprint density at radius 1 is 1.62 bits per heavy atom. The minimum atomic E-state index is -0.602. The van der Waals surface area contributed by atoms with Gasteiger partial charge in [0.2, 0.25) is 0 Å². The molecule has 0 aromatic heterocycles. The van der Waals surface area contributed by atoms with Crippen molar-refractivity contribution in [1.82, 2.24) is 0 Å². The van der Waals surface area contributed by atoms with Gasteiger partial charge in [-0.25, -0.2) is 0 Å². The van der Waals surface area contributed by atoms with Gasteiger partial charge in [0.15, 0.2) is 0 Å². The van der Waals surface area contributed by atoms with Crippen LogP contribution >= 0.6 is 0 Å². The Morgan fingerprint density at radius 2 is 2.38 bits per heavy atom. The zero-order chi connectivity index (χ0) is 12.0. The van der Waals surface area contributed by atoms with Gasteiger partial charge in [0.1, 0.15) is 6.07 Å². The lowest BCUT2D eigenvalue weighted by Gasteiger charge is -2.13. The molecule has 1 aromatic rings. The summed E-state index contributed by atoms with van der Waals surface area (Å²) >= 11 is 0. The maximum atomic E-state index is 9.43. The van der Waals surface area contributed by atoms with Gasteiger partial charge >= 0.3 is 0 Å². The fourth-order valence-corrected chi connectivity index (χ4v) is 1.30. The lowest BCUT2D eigenvalue weighted by Crippen LogP contribution is -2.24. The van der Waals surface area contributed by atoms with Gasteiger partial charge < -0.3 is 20.9 Å². The average molecular weight is 221 g/mol. The Labute approximate surface area is 94.4 Å². The number of para-hydroxylation sites is 1. The number of ether oxygens (including phenoxy) is 1. The number of nitrogen functional groups attached to an aromatic ring is 1. The third-order valence-corrected chi connectivity index (χ3v) is 2.11. The van der Waals surface area contributed by atoms with E-state index in [0.717, 1.165) is 0 Å². The summed E-state index contributed by atoms with van der Waals surface area (Å²) in [4.78, 5) is 0. The first-order chi connectivity index (χ1) is 7.69. The molecule has 5 nitrogen and oxygen atoms in total. The average Bonchev–Trinajstić information content (AvgIpc) is 2.28. The van der Waals surface area contributed by atoms with Crippen molar-refractivity contribution >= 4 is 11.4 Å². The Balaban J connectivity index is 2.64. The van der Waals surface area contributed by atoms with Gasteiger partial charge in [0.05, 0.1) is 29.6 Å². The Bertz CT molecular complexity index is 387. The van der Waals surface area contributed by atoms with Crippen LogP contribution in [0.25, 0.3) is 0 Å². The number of aliphatic hydroxyl groups excluding tert-OH is 1. The summed E-state index contributed by atoms with van der Waals surface area (Å²) < 4.78 is 4.79. The number of nitrogens with zero attached hydrogens (tertiary/aromatic N) is 1. The van der Waals surface area contributed by atoms with Crippen LogP contribution in [0, 0.1) is 11.3 Å². The Kier molecular flexibility index (Phi) is 4.58. The maximum absolute atomic E-state index is 9.43. The highest BCUT2D eigenvalue weighted by molar-refractivity contribution is 5.72. The van der Waals surface area contributed by atoms with Crippen molar-refractivity contribution in [2.75, 3.05) is 31.3 Å². The molecule has 5 heteroatoms. The van der Waals surface area contributed by atoms with E-state index in [0.29, 0.717) is 23.5 Å². The van der Waals surface area contributed by atoms with E-state index in [1.165, 1.54) is 7.11 Å². The number of methoxy groups -OCH3 is 1. The topological polar surface area (TPSA) is 91.3 Å². The van der Waals surface area contributed by atoms with Crippen LogP contribution in [0.3, 0.4) is 0 Å². The van der Waals surface area contributed by atoms with Crippen molar-refractivity contribution in [1.29, 1.82) is 5.26 Å². The summed E-state index contributed by atoms with van der Waals surface area (Å²) in [7, 11) is 1.52. The van der Waals surface area contributed by atoms with Gasteiger partial charge in [-0.05, 0) is 12.1 Å². The van der Waals surface area contributed by atoms with E-state index in [9.17, 15) is 5.11 Å². The number of rotatable bonds is 5. The molecule has 86 valence electrons. The van der Waals surface area contributed by atoms with Crippen molar-refractivity contribution in [3.05, 3.63) is 23.8 Å². The lowest BCUT2D eigenvalue weighted by molar-refractivity contribution is 0.0728. The van der Waals surface area contributed by atoms with Gasteiger partial charge in [-0.1, -0.05) is 6.07 Å². The maximum Gasteiger partial charge on any atom is 0.101 e. The molecule has 1 aromatic carbocycles. The fraction of sp³-hybridized carbons (Fsp3) is 0.364. The van der Waals surface area contributed by atoms with Crippen molar-refractivity contribution < 1.29 is 9.84 Å². The van der Waals surface area contributed by atoms with Crippen LogP contribution in [-0.2, 0) is 4.74 Å². The molecule has 4 N–H and O–H groups in total. The Hall–Kier alpha value is -1.77. The molecule has 0 spiro atoms. The summed E-state index contributed by atoms with van der Waals surface area (Å²) in [5.74, 6) is 0. The molecule has 0 bridgehead atoms. The highest BCUT2D eigenvalue weighted by atomic mass is 16.5. The third-order valence-electron chi connectivity index (χ3n) is 2.11. The minimum Gasteiger partial charge on any atom is -0.396 e. The minimum absolute atomic E-state index is 0.255. The van der Waals surface area contributed by atoms with Crippen molar-refractivity contribution in [3.63, 3.8) is 0 Å². The molecule has 0 amide bonds. The molecule has 1 unspecified atom stereocenters. The first-order valence-corrected chi connectivity index (χ1v) is 4.88. The van der Waals surface area contributed by atoms with Crippen LogP contribution in [-0.4, -0.2) is 31.5 Å². The lowest BCUT2D eigenvalue weighted by atomic mass is 10.1. The fourth-order valence-electron chi connectivity index (χ4n) is 1.30. The molecule has 0 radical (unpaired) electrons. The van der Waals surface area contributed by atoms with Gasteiger partial charge in [-0.2, -0.15) is 5.26 Å². The van der Waals surface area contributed by atoms with E-state index in [-0.39, 0.29) is 6.61 Å². The van der Waals surface area contributed by atoms with Crippen molar-refractivity contribution in [2.45, 2.75) is 6.10 Å². The van der Waals surface area contributed by atoms with Crippen LogP contribution in [0.5, 0.6) is 0 Å². The number of aliphatic hydroxyl groups is 1. The van der Waals surface area contributed by atoms with Crippen LogP contribution in [0.1, 0.15) is 5.56 Å². The molecule has 0 fully saturated rings. The Morgan fingerprint density at radius 3 is 3.00 bits per heavy atom. The van der Waals surface area contributed by atoms with E-state index in [1.807, 2.05) is 6.07 Å². The summed E-state index contributed by atoms with van der Waals surface area (Å²) in [6.07, 6.45) is -0.602. The second kappa shape index (κ2) is 5.95. The molecule has 1 atom stereocenters. The van der Waals surface area contributed by atoms with Crippen LogP contribution in [0.4, 0.5) is 11.4 Å². The molecular weight excluding hydrogens is 206 g/mol. The first-order valence-electron chi connectivity index (χ1n) is 4.88. The van der Waals surface area contributed by atoms with Crippen molar-refractivity contribution in [3.8, 4) is 6.07 Å². The zero-order valence-corrected chi connectivity index (χ0v) is 9.10. The number of nitrogens with one attached hydrogen (secondary N) is 1. The molecule has 0 heterocycles. The molecule has 0 saturated carbocycles. The van der Waals surface area contributed by atoms with Gasteiger partial charge in [0, 0.05) is 13.7 Å². The second-order valence-corrected chi connectivity index (χ2v) is 3.37. The van der Waals surface area contributed by atoms with Crippen molar-refractivity contribution in [2.24, 2.45) is 0 Å². The normalized spacial score (nSPS) is 11.8. The monoisotopic (exact) mass is 221 g/mol. The predicted octanol–water partition coefficient (Wildman–Crippen LogP) is 0.560. The number of hydrogen-bond donors (Lipinski definition) is 3. The van der Waals surface area contributed by atoms with Gasteiger partial charge in [-0.15, -0.1) is 0 Å². The molecule has 1 rings (SSSR count). The second-order valence-electron chi connectivity index (χ2n) is 3.37. The largest absolute Gasteiger partial charge is 0.396 e. The molecule has 0 saturated heterocycles. The number of hydrogen-bond acceptors (Lipinski definition) is 5. The molecular formula is C11H15N3O2. The molecule has 0 aliphatic carbocycles. The standard InChI is InChI=1S/C11H15N3O2/c1-16-7-9(15)6-14-10-4-2-3-8(5-12)11(10)13/h2-4,9,14-15H,6-7,13H2,1H3. The molecule has 16 heavy (non-hydrogen) atoms. The van der Waals surface area contributed by atoms with Crippen LogP contribution in [0.15, 0.2) is 18.2 Å². The van der Waals surface area contributed by atoms with E-state index < -0.39 is 6.10 Å². The smallest absolute Gasteiger partial charge is 0.101 e. The van der Waals surface area contributed by atoms with Crippen LogP contribution < -0.4 is 11.1 Å². The number of anilines is 2. The summed E-state index contributed by atoms with van der Waals surface area (Å²) in [5.41, 5.74) is 7.22. The number of benzene rings is 1. The van der Waals surface area contributed by atoms with E-state index in [2.05, 4.69) is 5.32 Å². The highest BCUT2D eigenvalue weighted by Crippen LogP contribution is 2.21. The summed E-state index contributed by atoms with van der Waals surface area (Å²) in [6.45, 7) is 0.581. The predicted molar refractivity (Wildman–Crippen MR) is 61.9 cm³/mol. The summed E-state index contributed by atoms with van der Waals surface area (Å²) in [5, 5.41) is 21.2. The van der Waals surface area contributed by atoms with Gasteiger partial charge in [-0.3, -0.25) is 0 Å². The van der Waals surface area contributed by atoms with Crippen LogP contribution in [0.2, 0.25) is 0 Å². The third kappa shape index (κ3) is 3.12. The van der Waals surface area contributed by atoms with Gasteiger partial charge in [0.25, 0.3) is 0 Å². The molecule has 0 aliphatic rings. The summed E-state index contributed by atoms with van der Waals surface area (Å²) in [6, 6.07) is 7.14.